The van der Waals surface area contributed by atoms with Crippen molar-refractivity contribution in [1.29, 1.82) is 5.26 Å². The Morgan fingerprint density at radius 3 is 2.53 bits per heavy atom. The topological polar surface area (TPSA) is 135 Å². The summed E-state index contributed by atoms with van der Waals surface area (Å²) >= 11 is 0. The van der Waals surface area contributed by atoms with E-state index in [-0.39, 0.29) is 5.04 Å². The minimum Gasteiger partial charge on any atom is -0.479 e. The van der Waals surface area contributed by atoms with Crippen LogP contribution in [0.1, 0.15) is 59.6 Å². The van der Waals surface area contributed by atoms with Gasteiger partial charge in [-0.15, -0.1) is 0 Å². The number of ether oxygens (including phenoxy) is 2. The van der Waals surface area contributed by atoms with E-state index in [1.54, 1.807) is 29.4 Å². The van der Waals surface area contributed by atoms with Crippen LogP contribution in [0.3, 0.4) is 0 Å². The number of amides is 1. The van der Waals surface area contributed by atoms with E-state index in [1.165, 1.54) is 13.4 Å². The average Bonchev–Trinajstić information content (AvgIpc) is 3.23. The van der Waals surface area contributed by atoms with Gasteiger partial charge in [0, 0.05) is 30.3 Å². The molecule has 0 bridgehead atoms. The molecule has 1 atom stereocenters. The fraction of sp³-hybridized carbons (Fsp3) is 0.484. The maximum atomic E-state index is 13.5. The van der Waals surface area contributed by atoms with Gasteiger partial charge in [0.25, 0.3) is 0 Å². The molecular weight excluding hydrogens is 562 g/mol. The van der Waals surface area contributed by atoms with Gasteiger partial charge in [-0.1, -0.05) is 27.7 Å². The van der Waals surface area contributed by atoms with Gasteiger partial charge in [0.05, 0.1) is 30.3 Å². The summed E-state index contributed by atoms with van der Waals surface area (Å²) in [5.41, 5.74) is 2.23. The second kappa shape index (κ2) is 11.5. The third-order valence-electron chi connectivity index (χ3n) is 7.90. The summed E-state index contributed by atoms with van der Waals surface area (Å²) in [6.45, 7) is 19.2. The van der Waals surface area contributed by atoms with Crippen LogP contribution in [0.5, 0.6) is 5.88 Å². The lowest BCUT2D eigenvalue weighted by Gasteiger charge is -2.39. The van der Waals surface area contributed by atoms with Crippen molar-refractivity contribution < 1.29 is 18.7 Å². The number of hydrogen-bond acceptors (Lipinski definition) is 10. The highest BCUT2D eigenvalue weighted by molar-refractivity contribution is 6.74. The van der Waals surface area contributed by atoms with Crippen molar-refractivity contribution >= 4 is 31.7 Å². The summed E-state index contributed by atoms with van der Waals surface area (Å²) < 4.78 is 17.8. The Bertz CT molecular complexity index is 1560. The Hall–Kier alpha value is -4.08. The minimum atomic E-state index is -2.13. The zero-order valence-electron chi connectivity index (χ0n) is 26.7. The summed E-state index contributed by atoms with van der Waals surface area (Å²) in [6.07, 6.45) is 4.10. The van der Waals surface area contributed by atoms with Crippen LogP contribution in [0.25, 0.3) is 11.3 Å². The molecule has 4 rings (SSSR count). The van der Waals surface area contributed by atoms with E-state index in [0.29, 0.717) is 53.2 Å². The van der Waals surface area contributed by atoms with Crippen LogP contribution in [0, 0.1) is 11.3 Å². The molecule has 0 aliphatic carbocycles. The highest BCUT2D eigenvalue weighted by atomic mass is 28.4. The van der Waals surface area contributed by atoms with Gasteiger partial charge in [0.15, 0.2) is 8.32 Å². The number of aromatic nitrogens is 4. The molecule has 1 aliphatic rings. The Kier molecular flexibility index (Phi) is 8.55. The summed E-state index contributed by atoms with van der Waals surface area (Å²) in [5, 5.41) is 13.4. The smallest absolute Gasteiger partial charge is 0.414 e. The first-order valence-electron chi connectivity index (χ1n) is 14.2. The Labute approximate surface area is 254 Å². The normalized spacial score (nSPS) is 16.8. The van der Waals surface area contributed by atoms with E-state index < -0.39 is 25.4 Å². The molecule has 1 unspecified atom stereocenters. The van der Waals surface area contributed by atoms with Crippen LogP contribution in [-0.4, -0.2) is 60.2 Å². The number of hydrogen-bond donors (Lipinski definition) is 1. The number of methoxy groups -OCH3 is 1. The fourth-order valence-electron chi connectivity index (χ4n) is 4.55. The van der Waals surface area contributed by atoms with Crippen LogP contribution in [0.2, 0.25) is 18.1 Å². The molecule has 2 aromatic heterocycles. The van der Waals surface area contributed by atoms with Crippen molar-refractivity contribution in [3.05, 3.63) is 48.0 Å². The van der Waals surface area contributed by atoms with Crippen molar-refractivity contribution in [3.63, 3.8) is 0 Å². The zero-order valence-corrected chi connectivity index (χ0v) is 27.7. The lowest BCUT2D eigenvalue weighted by molar-refractivity contribution is 0.0575. The SMILES string of the molecule is COc1ncncc1Nc1nccc(-c2cc(C#N)c3c(c2)C(C)(CO[Si](C)(C)C(C)(C)C)CN3C(=O)OC(C)(C)C)n1. The number of rotatable bonds is 7. The number of fused-ring (bicyclic) bond motifs is 1. The molecular formula is C31H41N7O4Si. The molecule has 1 amide bonds. The first-order valence-corrected chi connectivity index (χ1v) is 17.1. The molecule has 0 spiro atoms. The largest absolute Gasteiger partial charge is 0.479 e. The lowest BCUT2D eigenvalue weighted by Crippen LogP contribution is -2.46. The van der Waals surface area contributed by atoms with Gasteiger partial charge in [-0.3, -0.25) is 4.90 Å². The van der Waals surface area contributed by atoms with Gasteiger partial charge in [-0.2, -0.15) is 10.2 Å². The highest BCUT2D eigenvalue weighted by Crippen LogP contribution is 2.47. The Morgan fingerprint density at radius 1 is 1.19 bits per heavy atom. The number of carbonyl (C=O) groups is 1. The van der Waals surface area contributed by atoms with Crippen molar-refractivity contribution in [2.45, 2.75) is 77.6 Å². The second-order valence-corrected chi connectivity index (χ2v) is 18.4. The quantitative estimate of drug-likeness (QED) is 0.295. The van der Waals surface area contributed by atoms with E-state index in [2.05, 4.69) is 67.1 Å². The first kappa shape index (κ1) is 31.8. The maximum Gasteiger partial charge on any atom is 0.414 e. The highest BCUT2D eigenvalue weighted by Gasteiger charge is 2.47. The minimum absolute atomic E-state index is 0.00609. The lowest BCUT2D eigenvalue weighted by atomic mass is 9.83. The monoisotopic (exact) mass is 603 g/mol. The van der Waals surface area contributed by atoms with Crippen LogP contribution in [-0.2, 0) is 14.6 Å². The number of nitriles is 1. The van der Waals surface area contributed by atoms with Crippen molar-refractivity contribution in [1.82, 2.24) is 19.9 Å². The molecule has 1 aromatic carbocycles. The molecule has 228 valence electrons. The summed E-state index contributed by atoms with van der Waals surface area (Å²) in [7, 11) is -0.610. The molecule has 0 saturated carbocycles. The van der Waals surface area contributed by atoms with E-state index >= 15 is 0 Å². The van der Waals surface area contributed by atoms with Crippen molar-refractivity contribution in [2.75, 3.05) is 30.5 Å². The number of nitrogens with one attached hydrogen (secondary N) is 1. The molecule has 3 heterocycles. The molecule has 1 aliphatic heterocycles. The van der Waals surface area contributed by atoms with E-state index in [1.807, 2.05) is 26.8 Å². The molecule has 3 aromatic rings. The zero-order chi connectivity index (χ0) is 31.8. The predicted molar refractivity (Wildman–Crippen MR) is 168 cm³/mol. The number of anilines is 3. The predicted octanol–water partition coefficient (Wildman–Crippen LogP) is 6.59. The van der Waals surface area contributed by atoms with Crippen LogP contribution in [0.4, 0.5) is 22.1 Å². The van der Waals surface area contributed by atoms with Gasteiger partial charge in [0.2, 0.25) is 11.8 Å². The average molecular weight is 604 g/mol. The van der Waals surface area contributed by atoms with Gasteiger partial charge in [0.1, 0.15) is 23.7 Å². The molecule has 12 heteroatoms. The van der Waals surface area contributed by atoms with Gasteiger partial charge in [-0.25, -0.2) is 19.7 Å². The van der Waals surface area contributed by atoms with Gasteiger partial charge in [-0.05, 0) is 62.7 Å². The summed E-state index contributed by atoms with van der Waals surface area (Å²) in [6, 6.07) is 7.83. The van der Waals surface area contributed by atoms with Crippen LogP contribution >= 0.6 is 0 Å². The molecule has 0 saturated heterocycles. The van der Waals surface area contributed by atoms with E-state index in [0.717, 1.165) is 5.56 Å². The molecule has 0 fully saturated rings. The molecule has 43 heavy (non-hydrogen) atoms. The van der Waals surface area contributed by atoms with Gasteiger partial charge < -0.3 is 19.2 Å². The number of benzene rings is 1. The fourth-order valence-corrected chi connectivity index (χ4v) is 5.66. The van der Waals surface area contributed by atoms with Crippen LogP contribution < -0.4 is 15.0 Å². The molecule has 0 radical (unpaired) electrons. The van der Waals surface area contributed by atoms with E-state index in [9.17, 15) is 10.1 Å². The first-order chi connectivity index (χ1) is 20.0. The van der Waals surface area contributed by atoms with Gasteiger partial charge >= 0.3 is 6.09 Å². The third kappa shape index (κ3) is 6.78. The third-order valence-corrected chi connectivity index (χ3v) is 12.4. The van der Waals surface area contributed by atoms with Crippen molar-refractivity contribution in [3.8, 4) is 23.2 Å². The van der Waals surface area contributed by atoms with E-state index in [4.69, 9.17) is 18.9 Å². The summed E-state index contributed by atoms with van der Waals surface area (Å²) in [5.74, 6) is 0.664. The second-order valence-electron chi connectivity index (χ2n) is 13.5. The Morgan fingerprint density at radius 2 is 1.91 bits per heavy atom. The Balaban J connectivity index is 1.80. The maximum absolute atomic E-state index is 13.5. The molecule has 11 nitrogen and oxygen atoms in total. The van der Waals surface area contributed by atoms with Crippen LogP contribution in [0.15, 0.2) is 36.9 Å². The number of carbonyl (C=O) groups excluding carboxylic acids is 1. The summed E-state index contributed by atoms with van der Waals surface area (Å²) in [4.78, 5) is 32.3. The standard InChI is InChI=1S/C31H41N7O4Si/c1-29(2,3)42-28(39)38-17-31(7,18-41-43(9,10)30(4,5)6)22-14-20(13-21(15-32)25(22)38)23-11-12-34-27(36-23)37-24-16-33-19-35-26(24)40-8/h11-14,16,19H,17-18H2,1-10H3,(H,34,36,37). The van der Waals surface area contributed by atoms with Crippen molar-refractivity contribution in [2.24, 2.45) is 0 Å². The molecule has 1 N–H and O–H groups in total. The number of nitrogens with zero attached hydrogens (tertiary/aromatic N) is 6.